The summed E-state index contributed by atoms with van der Waals surface area (Å²) in [6.45, 7) is 3.22. The average Bonchev–Trinajstić information content (AvgIpc) is 3.44. The lowest BCUT2D eigenvalue weighted by Crippen LogP contribution is -2.32. The molecule has 0 aromatic carbocycles. The molecule has 0 radical (unpaired) electrons. The molecule has 4 rings (SSSR count). The van der Waals surface area contributed by atoms with Crippen molar-refractivity contribution in [1.29, 1.82) is 0 Å². The van der Waals surface area contributed by atoms with Crippen LogP contribution in [0.1, 0.15) is 68.8 Å². The van der Waals surface area contributed by atoms with Gasteiger partial charge < -0.3 is 15.4 Å². The van der Waals surface area contributed by atoms with Gasteiger partial charge in [-0.1, -0.05) is 11.4 Å². The maximum atomic E-state index is 13.0. The number of anilines is 1. The number of amides is 2. The molecule has 2 N–H and O–H groups in total. The summed E-state index contributed by atoms with van der Waals surface area (Å²) in [5.41, 5.74) is 2.41. The molecule has 2 aromatic heterocycles. The van der Waals surface area contributed by atoms with Gasteiger partial charge in [0.05, 0.1) is 17.4 Å². The van der Waals surface area contributed by atoms with Gasteiger partial charge in [-0.3, -0.25) is 9.59 Å². The van der Waals surface area contributed by atoms with Crippen molar-refractivity contribution in [1.82, 2.24) is 14.9 Å². The summed E-state index contributed by atoms with van der Waals surface area (Å²) < 4.78 is 9.50. The van der Waals surface area contributed by atoms with Crippen LogP contribution in [0.2, 0.25) is 0 Å². The molecule has 2 aromatic rings. The number of carbonyl (C=O) groups excluding carboxylic acids is 2. The smallest absolute Gasteiger partial charge is 0.269 e. The molecule has 0 bridgehead atoms. The number of aromatic nitrogens is 2. The van der Waals surface area contributed by atoms with Gasteiger partial charge in [-0.15, -0.1) is 16.4 Å². The highest BCUT2D eigenvalue weighted by atomic mass is 32.1. The predicted molar refractivity (Wildman–Crippen MR) is 110 cm³/mol. The lowest BCUT2D eigenvalue weighted by Gasteiger charge is -2.15. The zero-order valence-corrected chi connectivity index (χ0v) is 17.5. The minimum absolute atomic E-state index is 0.0897. The molecule has 2 amide bonds. The largest absolute Gasteiger partial charge is 0.376 e. The summed E-state index contributed by atoms with van der Waals surface area (Å²) >= 11 is 2.62. The number of fused-ring (bicyclic) bond motifs is 1. The Kier molecular flexibility index (Phi) is 6.03. The SMILES string of the molecule is CCc1nnsc1C(=O)Nc1sc2c(c1C(=O)NCC1CCCO1)CCCC2. The molecule has 7 nitrogen and oxygen atoms in total. The van der Waals surface area contributed by atoms with Gasteiger partial charge in [0.2, 0.25) is 0 Å². The Morgan fingerprint density at radius 1 is 1.21 bits per heavy atom. The van der Waals surface area contributed by atoms with E-state index in [0.717, 1.165) is 62.2 Å². The number of thiophene rings is 1. The van der Waals surface area contributed by atoms with Crippen molar-refractivity contribution in [3.8, 4) is 0 Å². The van der Waals surface area contributed by atoms with E-state index in [0.29, 0.717) is 34.1 Å². The first-order chi connectivity index (χ1) is 13.7. The summed E-state index contributed by atoms with van der Waals surface area (Å²) in [4.78, 5) is 27.5. The van der Waals surface area contributed by atoms with Crippen molar-refractivity contribution in [3.05, 3.63) is 26.6 Å². The second kappa shape index (κ2) is 8.67. The Morgan fingerprint density at radius 3 is 2.86 bits per heavy atom. The van der Waals surface area contributed by atoms with Gasteiger partial charge in [-0.2, -0.15) is 0 Å². The number of rotatable bonds is 6. The van der Waals surface area contributed by atoms with E-state index < -0.39 is 0 Å². The number of ether oxygens (including phenoxy) is 1. The Labute approximate surface area is 172 Å². The highest BCUT2D eigenvalue weighted by Crippen LogP contribution is 2.38. The Balaban J connectivity index is 1.56. The summed E-state index contributed by atoms with van der Waals surface area (Å²) in [7, 11) is 0. The summed E-state index contributed by atoms with van der Waals surface area (Å²) in [6, 6.07) is 0. The molecule has 2 aliphatic rings. The number of carbonyl (C=O) groups is 2. The van der Waals surface area contributed by atoms with E-state index in [4.69, 9.17) is 4.74 Å². The minimum atomic E-state index is -0.237. The maximum absolute atomic E-state index is 13.0. The zero-order valence-electron chi connectivity index (χ0n) is 15.9. The number of hydrogen-bond donors (Lipinski definition) is 2. The maximum Gasteiger partial charge on any atom is 0.269 e. The number of nitrogens with one attached hydrogen (secondary N) is 2. The third-order valence-electron chi connectivity index (χ3n) is 5.24. The second-order valence-corrected chi connectivity index (χ2v) is 8.98. The topological polar surface area (TPSA) is 93.2 Å². The van der Waals surface area contributed by atoms with Crippen LogP contribution in [0.3, 0.4) is 0 Å². The van der Waals surface area contributed by atoms with Crippen LogP contribution in [0.15, 0.2) is 0 Å². The molecule has 1 unspecified atom stereocenters. The van der Waals surface area contributed by atoms with Crippen LogP contribution in [0.4, 0.5) is 5.00 Å². The van der Waals surface area contributed by atoms with Gasteiger partial charge in [0.1, 0.15) is 9.88 Å². The Hall–Kier alpha value is -1.84. The van der Waals surface area contributed by atoms with Crippen molar-refractivity contribution in [2.45, 2.75) is 58.0 Å². The molecule has 0 saturated carbocycles. The summed E-state index contributed by atoms with van der Waals surface area (Å²) in [5, 5.41) is 10.6. The van der Waals surface area contributed by atoms with Gasteiger partial charge in [0.15, 0.2) is 0 Å². The van der Waals surface area contributed by atoms with Gasteiger partial charge in [-0.05, 0) is 62.0 Å². The van der Waals surface area contributed by atoms with E-state index in [2.05, 4.69) is 20.2 Å². The molecule has 1 atom stereocenters. The fraction of sp³-hybridized carbons (Fsp3) is 0.579. The molecule has 0 spiro atoms. The normalized spacial score (nSPS) is 18.7. The van der Waals surface area contributed by atoms with Crippen LogP contribution in [-0.2, 0) is 24.0 Å². The first kappa shape index (κ1) is 19.5. The zero-order chi connectivity index (χ0) is 19.5. The van der Waals surface area contributed by atoms with Crippen LogP contribution in [0.5, 0.6) is 0 Å². The third kappa shape index (κ3) is 3.97. The van der Waals surface area contributed by atoms with Crippen molar-refractivity contribution in [2.75, 3.05) is 18.5 Å². The fourth-order valence-corrected chi connectivity index (χ4v) is 5.69. The Bertz CT molecular complexity index is 871. The molecule has 28 heavy (non-hydrogen) atoms. The first-order valence-electron chi connectivity index (χ1n) is 9.84. The molecule has 1 aliphatic heterocycles. The summed E-state index contributed by atoms with van der Waals surface area (Å²) in [6.07, 6.45) is 6.79. The molecule has 150 valence electrons. The van der Waals surface area contributed by atoms with Crippen molar-refractivity contribution >= 4 is 39.7 Å². The van der Waals surface area contributed by atoms with E-state index in [1.807, 2.05) is 6.92 Å². The van der Waals surface area contributed by atoms with Gasteiger partial charge in [-0.25, -0.2) is 0 Å². The standard InChI is InChI=1S/C19H24N4O3S2/c1-2-13-16(28-23-22-13)18(25)21-19-15(12-7-3-4-8-14(12)27-19)17(24)20-10-11-6-5-9-26-11/h11H,2-10H2,1H3,(H,20,24)(H,21,25). The van der Waals surface area contributed by atoms with E-state index in [1.165, 1.54) is 16.2 Å². The molecule has 1 fully saturated rings. The monoisotopic (exact) mass is 420 g/mol. The van der Waals surface area contributed by atoms with E-state index >= 15 is 0 Å². The van der Waals surface area contributed by atoms with Crippen molar-refractivity contribution in [2.24, 2.45) is 0 Å². The number of hydrogen-bond acceptors (Lipinski definition) is 7. The highest BCUT2D eigenvalue weighted by Gasteiger charge is 2.28. The van der Waals surface area contributed by atoms with E-state index in [1.54, 1.807) is 0 Å². The third-order valence-corrected chi connectivity index (χ3v) is 7.21. The van der Waals surface area contributed by atoms with Gasteiger partial charge in [0.25, 0.3) is 11.8 Å². The first-order valence-corrected chi connectivity index (χ1v) is 11.4. The minimum Gasteiger partial charge on any atom is -0.376 e. The van der Waals surface area contributed by atoms with E-state index in [9.17, 15) is 9.59 Å². The Morgan fingerprint density at radius 2 is 2.07 bits per heavy atom. The van der Waals surface area contributed by atoms with Gasteiger partial charge in [0, 0.05) is 18.0 Å². The predicted octanol–water partition coefficient (Wildman–Crippen LogP) is 3.20. The van der Waals surface area contributed by atoms with Crippen molar-refractivity contribution < 1.29 is 14.3 Å². The van der Waals surface area contributed by atoms with E-state index in [-0.39, 0.29) is 17.9 Å². The summed E-state index contributed by atoms with van der Waals surface area (Å²) in [5.74, 6) is -0.359. The lowest BCUT2D eigenvalue weighted by molar-refractivity contribution is 0.0858. The molecule has 1 saturated heterocycles. The number of nitrogens with zero attached hydrogens (tertiary/aromatic N) is 2. The second-order valence-electron chi connectivity index (χ2n) is 7.12. The molecule has 1 aliphatic carbocycles. The van der Waals surface area contributed by atoms with Crippen molar-refractivity contribution in [3.63, 3.8) is 0 Å². The lowest BCUT2D eigenvalue weighted by atomic mass is 9.95. The van der Waals surface area contributed by atoms with Crippen LogP contribution in [-0.4, -0.2) is 40.7 Å². The van der Waals surface area contributed by atoms with Gasteiger partial charge >= 0.3 is 0 Å². The van der Waals surface area contributed by atoms with Crippen LogP contribution < -0.4 is 10.6 Å². The molecular weight excluding hydrogens is 396 g/mol. The fourth-order valence-electron chi connectivity index (χ4n) is 3.77. The van der Waals surface area contributed by atoms with Crippen LogP contribution in [0, 0.1) is 0 Å². The highest BCUT2D eigenvalue weighted by molar-refractivity contribution is 7.17. The molecule has 9 heteroatoms. The number of aryl methyl sites for hydroxylation is 2. The molecular formula is C19H24N4O3S2. The quantitative estimate of drug-likeness (QED) is 0.749. The van der Waals surface area contributed by atoms with Crippen LogP contribution >= 0.6 is 22.9 Å². The molecule has 3 heterocycles. The average molecular weight is 421 g/mol. The van der Waals surface area contributed by atoms with Crippen LogP contribution in [0.25, 0.3) is 0 Å².